The third-order valence-electron chi connectivity index (χ3n) is 4.21. The van der Waals surface area contributed by atoms with Crippen molar-refractivity contribution in [1.29, 1.82) is 0 Å². The predicted octanol–water partition coefficient (Wildman–Crippen LogP) is 4.52. The Bertz CT molecular complexity index is 930. The van der Waals surface area contributed by atoms with Crippen LogP contribution in [0.2, 0.25) is 0 Å². The Balaban J connectivity index is 1.56. The van der Waals surface area contributed by atoms with Crippen LogP contribution in [0.15, 0.2) is 47.8 Å². The molecule has 0 aliphatic heterocycles. The molecule has 0 saturated carbocycles. The van der Waals surface area contributed by atoms with Gasteiger partial charge in [-0.2, -0.15) is 0 Å². The van der Waals surface area contributed by atoms with Gasteiger partial charge in [-0.05, 0) is 68.3 Å². The van der Waals surface area contributed by atoms with Crippen molar-refractivity contribution >= 4 is 17.2 Å². The number of nitrogens with zero attached hydrogens (tertiary/aromatic N) is 1. The van der Waals surface area contributed by atoms with Crippen molar-refractivity contribution in [2.45, 2.75) is 33.4 Å². The van der Waals surface area contributed by atoms with Gasteiger partial charge in [-0.25, -0.2) is 4.98 Å². The molecule has 28 heavy (non-hydrogen) atoms. The minimum Gasteiger partial charge on any atom is -0.497 e. The number of aryl methyl sites for hydroxylation is 2. The van der Waals surface area contributed by atoms with Crippen molar-refractivity contribution in [3.8, 4) is 22.1 Å². The summed E-state index contributed by atoms with van der Waals surface area (Å²) in [5.74, 6) is 1.35. The molecule has 1 atom stereocenters. The SMILES string of the molecule is COc1ccc(-c2nc(CNC(=O)C(C)Oc3cc(C)cc(C)c3)cs2)cc1. The summed E-state index contributed by atoms with van der Waals surface area (Å²) in [7, 11) is 1.64. The van der Waals surface area contributed by atoms with Crippen LogP contribution < -0.4 is 14.8 Å². The molecule has 0 aliphatic carbocycles. The van der Waals surface area contributed by atoms with Gasteiger partial charge in [-0.3, -0.25) is 4.79 Å². The van der Waals surface area contributed by atoms with Crippen molar-refractivity contribution in [3.63, 3.8) is 0 Å². The van der Waals surface area contributed by atoms with Gasteiger partial charge in [0.2, 0.25) is 0 Å². The van der Waals surface area contributed by atoms with Gasteiger partial charge in [-0.1, -0.05) is 6.07 Å². The average Bonchev–Trinajstić information content (AvgIpc) is 3.14. The Hall–Kier alpha value is -2.86. The zero-order chi connectivity index (χ0) is 20.1. The van der Waals surface area contributed by atoms with Crippen LogP contribution >= 0.6 is 11.3 Å². The Labute approximate surface area is 169 Å². The Morgan fingerprint density at radius 1 is 1.11 bits per heavy atom. The van der Waals surface area contributed by atoms with Crippen molar-refractivity contribution in [3.05, 3.63) is 64.7 Å². The minimum absolute atomic E-state index is 0.168. The number of methoxy groups -OCH3 is 1. The van der Waals surface area contributed by atoms with Crippen LogP contribution in [-0.4, -0.2) is 24.1 Å². The molecular weight excluding hydrogens is 372 g/mol. The molecule has 1 unspecified atom stereocenters. The summed E-state index contributed by atoms with van der Waals surface area (Å²) in [5.41, 5.74) is 4.06. The largest absolute Gasteiger partial charge is 0.497 e. The van der Waals surface area contributed by atoms with Gasteiger partial charge in [0.1, 0.15) is 16.5 Å². The first-order valence-corrected chi connectivity index (χ1v) is 9.94. The summed E-state index contributed by atoms with van der Waals surface area (Å²) in [5, 5.41) is 5.75. The molecule has 0 bridgehead atoms. The molecule has 0 saturated heterocycles. The lowest BCUT2D eigenvalue weighted by atomic mass is 10.1. The zero-order valence-electron chi connectivity index (χ0n) is 16.5. The molecule has 1 aromatic heterocycles. The van der Waals surface area contributed by atoms with E-state index in [2.05, 4.69) is 16.4 Å². The molecule has 6 heteroatoms. The fourth-order valence-electron chi connectivity index (χ4n) is 2.83. The van der Waals surface area contributed by atoms with Crippen LogP contribution in [0.3, 0.4) is 0 Å². The van der Waals surface area contributed by atoms with Gasteiger partial charge >= 0.3 is 0 Å². The highest BCUT2D eigenvalue weighted by molar-refractivity contribution is 7.13. The van der Waals surface area contributed by atoms with Crippen molar-refractivity contribution in [2.75, 3.05) is 7.11 Å². The summed E-state index contributed by atoms with van der Waals surface area (Å²) in [6.45, 7) is 6.13. The molecule has 146 valence electrons. The van der Waals surface area contributed by atoms with Gasteiger partial charge in [0.25, 0.3) is 5.91 Å². The smallest absolute Gasteiger partial charge is 0.261 e. The number of hydrogen-bond acceptors (Lipinski definition) is 5. The fourth-order valence-corrected chi connectivity index (χ4v) is 3.66. The van der Waals surface area contributed by atoms with Crippen LogP contribution in [0.25, 0.3) is 10.6 Å². The number of thiazole rings is 1. The standard InChI is InChI=1S/C22H24N2O3S/c1-14-9-15(2)11-20(10-14)27-16(3)21(25)23-12-18-13-28-22(24-18)17-5-7-19(26-4)8-6-17/h5-11,13,16H,12H2,1-4H3,(H,23,25). The maximum Gasteiger partial charge on any atom is 0.261 e. The molecule has 3 aromatic rings. The molecule has 2 aromatic carbocycles. The molecule has 0 fully saturated rings. The average molecular weight is 397 g/mol. The molecule has 0 spiro atoms. The van der Waals surface area contributed by atoms with E-state index in [0.717, 1.165) is 33.1 Å². The van der Waals surface area contributed by atoms with Crippen LogP contribution in [-0.2, 0) is 11.3 Å². The number of amides is 1. The second-order valence-electron chi connectivity index (χ2n) is 6.67. The van der Waals surface area contributed by atoms with Crippen LogP contribution in [0.4, 0.5) is 0 Å². The summed E-state index contributed by atoms with van der Waals surface area (Å²) in [6.07, 6.45) is -0.583. The lowest BCUT2D eigenvalue weighted by Gasteiger charge is -2.15. The number of aromatic nitrogens is 1. The van der Waals surface area contributed by atoms with Crippen molar-refractivity contribution in [2.24, 2.45) is 0 Å². The second-order valence-corrected chi connectivity index (χ2v) is 7.53. The maximum absolute atomic E-state index is 12.4. The van der Waals surface area contributed by atoms with Crippen molar-refractivity contribution in [1.82, 2.24) is 10.3 Å². The summed E-state index contributed by atoms with van der Waals surface area (Å²) in [6, 6.07) is 13.7. The number of carbonyl (C=O) groups excluding carboxylic acids is 1. The van der Waals surface area contributed by atoms with Gasteiger partial charge in [0.05, 0.1) is 19.3 Å². The molecule has 1 heterocycles. The maximum atomic E-state index is 12.4. The summed E-state index contributed by atoms with van der Waals surface area (Å²) < 4.78 is 11.0. The highest BCUT2D eigenvalue weighted by atomic mass is 32.1. The number of benzene rings is 2. The van der Waals surface area contributed by atoms with E-state index < -0.39 is 6.10 Å². The first-order chi connectivity index (χ1) is 13.4. The molecule has 0 radical (unpaired) electrons. The van der Waals surface area contributed by atoms with E-state index in [0.29, 0.717) is 12.3 Å². The van der Waals surface area contributed by atoms with E-state index in [1.807, 2.05) is 55.6 Å². The number of hydrogen-bond donors (Lipinski definition) is 1. The van der Waals surface area contributed by atoms with E-state index >= 15 is 0 Å². The monoisotopic (exact) mass is 396 g/mol. The van der Waals surface area contributed by atoms with E-state index in [4.69, 9.17) is 9.47 Å². The minimum atomic E-state index is -0.583. The third kappa shape index (κ3) is 5.10. The number of nitrogens with one attached hydrogen (secondary N) is 1. The normalized spacial score (nSPS) is 11.7. The van der Waals surface area contributed by atoms with Crippen LogP contribution in [0.5, 0.6) is 11.5 Å². The van der Waals surface area contributed by atoms with E-state index in [-0.39, 0.29) is 5.91 Å². The first kappa shape index (κ1) is 19.9. The topological polar surface area (TPSA) is 60.5 Å². The Morgan fingerprint density at radius 2 is 1.79 bits per heavy atom. The molecule has 1 N–H and O–H groups in total. The molecule has 1 amide bonds. The van der Waals surface area contributed by atoms with Crippen molar-refractivity contribution < 1.29 is 14.3 Å². The second kappa shape index (κ2) is 8.89. The quantitative estimate of drug-likeness (QED) is 0.638. The highest BCUT2D eigenvalue weighted by Gasteiger charge is 2.15. The van der Waals surface area contributed by atoms with E-state index in [9.17, 15) is 4.79 Å². The third-order valence-corrected chi connectivity index (χ3v) is 5.15. The lowest BCUT2D eigenvalue weighted by Crippen LogP contribution is -2.36. The van der Waals surface area contributed by atoms with Crippen LogP contribution in [0, 0.1) is 13.8 Å². The van der Waals surface area contributed by atoms with Gasteiger partial charge in [0, 0.05) is 10.9 Å². The summed E-state index contributed by atoms with van der Waals surface area (Å²) >= 11 is 1.55. The van der Waals surface area contributed by atoms with Gasteiger partial charge in [-0.15, -0.1) is 11.3 Å². The molecule has 0 aliphatic rings. The first-order valence-electron chi connectivity index (χ1n) is 9.06. The number of carbonyl (C=O) groups is 1. The summed E-state index contributed by atoms with van der Waals surface area (Å²) in [4.78, 5) is 17.0. The van der Waals surface area contributed by atoms with Gasteiger partial charge in [0.15, 0.2) is 6.10 Å². The molecular formula is C22H24N2O3S. The van der Waals surface area contributed by atoms with Gasteiger partial charge < -0.3 is 14.8 Å². The predicted molar refractivity (Wildman–Crippen MR) is 112 cm³/mol. The number of rotatable bonds is 7. The zero-order valence-corrected chi connectivity index (χ0v) is 17.3. The number of ether oxygens (including phenoxy) is 2. The lowest BCUT2D eigenvalue weighted by molar-refractivity contribution is -0.127. The Morgan fingerprint density at radius 3 is 2.43 bits per heavy atom. The molecule has 3 rings (SSSR count). The van der Waals surface area contributed by atoms with E-state index in [1.54, 1.807) is 25.4 Å². The molecule has 5 nitrogen and oxygen atoms in total. The Kier molecular flexibility index (Phi) is 6.31. The van der Waals surface area contributed by atoms with Crippen LogP contribution in [0.1, 0.15) is 23.7 Å². The highest BCUT2D eigenvalue weighted by Crippen LogP contribution is 2.25. The fraction of sp³-hybridized carbons (Fsp3) is 0.273. The van der Waals surface area contributed by atoms with E-state index in [1.165, 1.54) is 0 Å².